The summed E-state index contributed by atoms with van der Waals surface area (Å²) >= 11 is 0. The van der Waals surface area contributed by atoms with Crippen LogP contribution < -0.4 is 0 Å². The van der Waals surface area contributed by atoms with Gasteiger partial charge in [0.1, 0.15) is 5.60 Å². The highest BCUT2D eigenvalue weighted by atomic mass is 16.6. The highest BCUT2D eigenvalue weighted by molar-refractivity contribution is 5.69. The van der Waals surface area contributed by atoms with Crippen molar-refractivity contribution in [2.75, 3.05) is 6.61 Å². The zero-order valence-corrected chi connectivity index (χ0v) is 15.1. The fourth-order valence-corrected chi connectivity index (χ4v) is 3.10. The molecule has 130 valence electrons. The molecular formula is C17H33NO4. The van der Waals surface area contributed by atoms with E-state index in [4.69, 9.17) is 4.74 Å². The third kappa shape index (κ3) is 5.13. The number of amides is 1. The first kappa shape index (κ1) is 19.2. The molecule has 1 aliphatic carbocycles. The zero-order valence-electron chi connectivity index (χ0n) is 15.1. The van der Waals surface area contributed by atoms with Gasteiger partial charge in [0.15, 0.2) is 0 Å². The molecule has 1 saturated carbocycles. The lowest BCUT2D eigenvalue weighted by Gasteiger charge is -2.45. The first-order valence-corrected chi connectivity index (χ1v) is 8.19. The first-order valence-electron chi connectivity index (χ1n) is 8.19. The molecule has 22 heavy (non-hydrogen) atoms. The Morgan fingerprint density at radius 2 is 1.73 bits per heavy atom. The fraction of sp³-hybridized carbons (Fsp3) is 0.941. The highest BCUT2D eigenvalue weighted by Crippen LogP contribution is 2.42. The number of hydrogen-bond donors (Lipinski definition) is 2. The van der Waals surface area contributed by atoms with Crippen molar-refractivity contribution in [3.05, 3.63) is 0 Å². The molecule has 1 rings (SSSR count). The van der Waals surface area contributed by atoms with Gasteiger partial charge in [0.2, 0.25) is 0 Å². The van der Waals surface area contributed by atoms with Gasteiger partial charge in [0.25, 0.3) is 0 Å². The fourth-order valence-electron chi connectivity index (χ4n) is 3.10. The molecule has 1 amide bonds. The van der Waals surface area contributed by atoms with Crippen molar-refractivity contribution < 1.29 is 19.7 Å². The molecule has 3 atom stereocenters. The molecule has 0 bridgehead atoms. The Labute approximate surface area is 134 Å². The predicted molar refractivity (Wildman–Crippen MR) is 86.6 cm³/mol. The van der Waals surface area contributed by atoms with Crippen molar-refractivity contribution in [2.24, 2.45) is 11.8 Å². The summed E-state index contributed by atoms with van der Waals surface area (Å²) in [6.45, 7) is 12.8. The van der Waals surface area contributed by atoms with Crippen LogP contribution in [0.3, 0.4) is 0 Å². The number of nitrogens with zero attached hydrogens (tertiary/aromatic N) is 1. The molecule has 5 nitrogen and oxygen atoms in total. The molecule has 0 aliphatic heterocycles. The topological polar surface area (TPSA) is 70.0 Å². The molecule has 0 spiro atoms. The van der Waals surface area contributed by atoms with Gasteiger partial charge in [-0.25, -0.2) is 4.79 Å². The van der Waals surface area contributed by atoms with E-state index in [1.165, 1.54) is 0 Å². The average molecular weight is 315 g/mol. The SMILES string of the molecule is C[C@@H](O)C(C1CC1)[C@H](CO)N(C(=O)OC(C)(C)C)C(C)(C)C. The van der Waals surface area contributed by atoms with Gasteiger partial charge in [0.05, 0.1) is 18.8 Å². The molecule has 1 aliphatic rings. The van der Waals surface area contributed by atoms with Crippen molar-refractivity contribution >= 4 is 6.09 Å². The van der Waals surface area contributed by atoms with Crippen LogP contribution in [0.25, 0.3) is 0 Å². The quantitative estimate of drug-likeness (QED) is 0.818. The third-order valence-corrected chi connectivity index (χ3v) is 4.00. The van der Waals surface area contributed by atoms with Gasteiger partial charge in [-0.3, -0.25) is 4.90 Å². The number of rotatable bonds is 5. The van der Waals surface area contributed by atoms with E-state index in [0.29, 0.717) is 5.92 Å². The number of aliphatic hydroxyl groups is 2. The third-order valence-electron chi connectivity index (χ3n) is 4.00. The monoisotopic (exact) mass is 315 g/mol. The molecule has 1 fully saturated rings. The van der Waals surface area contributed by atoms with Crippen molar-refractivity contribution in [1.82, 2.24) is 4.90 Å². The van der Waals surface area contributed by atoms with E-state index < -0.39 is 29.4 Å². The Bertz CT molecular complexity index is 375. The standard InChI is InChI=1S/C17H33NO4/c1-11(20)14(12-8-9-12)13(10-19)18(16(2,3)4)15(21)22-17(5,6)7/h11-14,19-20H,8-10H2,1-7H3/t11-,13+,14?/m1/s1. The molecular weight excluding hydrogens is 282 g/mol. The molecule has 0 radical (unpaired) electrons. The molecule has 0 aromatic rings. The van der Waals surface area contributed by atoms with E-state index in [1.54, 1.807) is 11.8 Å². The minimum absolute atomic E-state index is 0.128. The minimum atomic E-state index is -0.597. The van der Waals surface area contributed by atoms with Crippen LogP contribution in [0.2, 0.25) is 0 Å². The lowest BCUT2D eigenvalue weighted by atomic mass is 9.86. The number of ether oxygens (including phenoxy) is 1. The Balaban J connectivity index is 3.09. The average Bonchev–Trinajstić information content (AvgIpc) is 3.07. The lowest BCUT2D eigenvalue weighted by Crippen LogP contribution is -2.58. The van der Waals surface area contributed by atoms with Crippen LogP contribution in [0.5, 0.6) is 0 Å². The van der Waals surface area contributed by atoms with Gasteiger partial charge < -0.3 is 14.9 Å². The first-order chi connectivity index (χ1) is 9.88. The molecule has 0 saturated heterocycles. The van der Waals surface area contributed by atoms with Crippen molar-refractivity contribution in [3.8, 4) is 0 Å². The smallest absolute Gasteiger partial charge is 0.411 e. The second-order valence-corrected chi connectivity index (χ2v) is 8.43. The minimum Gasteiger partial charge on any atom is -0.444 e. The Morgan fingerprint density at radius 1 is 1.23 bits per heavy atom. The molecule has 1 unspecified atom stereocenters. The predicted octanol–water partition coefficient (Wildman–Crippen LogP) is 2.79. The van der Waals surface area contributed by atoms with Crippen LogP contribution in [-0.2, 0) is 4.74 Å². The Kier molecular flexibility index (Phi) is 5.90. The van der Waals surface area contributed by atoms with Gasteiger partial charge in [-0.05, 0) is 67.2 Å². The Morgan fingerprint density at radius 3 is 2.00 bits per heavy atom. The summed E-state index contributed by atoms with van der Waals surface area (Å²) in [6, 6.07) is -0.442. The highest BCUT2D eigenvalue weighted by Gasteiger charge is 2.46. The van der Waals surface area contributed by atoms with E-state index in [0.717, 1.165) is 12.8 Å². The zero-order chi connectivity index (χ0) is 17.3. The molecule has 0 aromatic carbocycles. The molecule has 2 N–H and O–H groups in total. The molecule has 5 heteroatoms. The maximum atomic E-state index is 12.7. The number of carbonyl (C=O) groups is 1. The molecule has 0 heterocycles. The van der Waals surface area contributed by atoms with Crippen LogP contribution in [0.4, 0.5) is 4.79 Å². The van der Waals surface area contributed by atoms with Crippen LogP contribution in [0, 0.1) is 11.8 Å². The van der Waals surface area contributed by atoms with Crippen molar-refractivity contribution in [3.63, 3.8) is 0 Å². The van der Waals surface area contributed by atoms with E-state index in [-0.39, 0.29) is 12.5 Å². The van der Waals surface area contributed by atoms with E-state index >= 15 is 0 Å². The number of aliphatic hydroxyl groups excluding tert-OH is 2. The summed E-state index contributed by atoms with van der Waals surface area (Å²) in [6.07, 6.45) is 1.07. The van der Waals surface area contributed by atoms with Crippen molar-refractivity contribution in [2.45, 2.75) is 84.6 Å². The van der Waals surface area contributed by atoms with E-state index in [1.807, 2.05) is 41.5 Å². The number of hydrogen-bond acceptors (Lipinski definition) is 4. The largest absolute Gasteiger partial charge is 0.444 e. The van der Waals surface area contributed by atoms with E-state index in [2.05, 4.69) is 0 Å². The summed E-state index contributed by atoms with van der Waals surface area (Å²) in [5.74, 6) is 0.237. The summed E-state index contributed by atoms with van der Waals surface area (Å²) in [5.41, 5.74) is -1.10. The van der Waals surface area contributed by atoms with Gasteiger partial charge in [-0.1, -0.05) is 0 Å². The number of carbonyl (C=O) groups excluding carboxylic acids is 1. The maximum Gasteiger partial charge on any atom is 0.411 e. The second kappa shape index (κ2) is 6.75. The molecule has 0 aromatic heterocycles. The van der Waals surface area contributed by atoms with Crippen LogP contribution >= 0.6 is 0 Å². The lowest BCUT2D eigenvalue weighted by molar-refractivity contribution is -0.0484. The van der Waals surface area contributed by atoms with Crippen LogP contribution in [-0.4, -0.2) is 51.1 Å². The summed E-state index contributed by atoms with van der Waals surface area (Å²) in [4.78, 5) is 14.3. The Hall–Kier alpha value is -0.810. The maximum absolute atomic E-state index is 12.7. The summed E-state index contributed by atoms with van der Waals surface area (Å²) < 4.78 is 5.53. The van der Waals surface area contributed by atoms with Gasteiger partial charge in [-0.15, -0.1) is 0 Å². The van der Waals surface area contributed by atoms with Gasteiger partial charge in [0, 0.05) is 11.5 Å². The van der Waals surface area contributed by atoms with Crippen LogP contribution in [0.15, 0.2) is 0 Å². The summed E-state index contributed by atoms with van der Waals surface area (Å²) in [5, 5.41) is 20.1. The van der Waals surface area contributed by atoms with E-state index in [9.17, 15) is 15.0 Å². The normalized spacial score (nSPS) is 20.2. The second-order valence-electron chi connectivity index (χ2n) is 8.43. The van der Waals surface area contributed by atoms with Crippen LogP contribution in [0.1, 0.15) is 61.3 Å². The summed E-state index contributed by atoms with van der Waals surface area (Å²) in [7, 11) is 0. The van der Waals surface area contributed by atoms with Gasteiger partial charge >= 0.3 is 6.09 Å². The van der Waals surface area contributed by atoms with Crippen molar-refractivity contribution in [1.29, 1.82) is 0 Å². The van der Waals surface area contributed by atoms with Gasteiger partial charge in [-0.2, -0.15) is 0 Å².